The Labute approximate surface area is 160 Å². The number of hydrogen-bond donors (Lipinski definition) is 1. The first kappa shape index (κ1) is 19.6. The molecule has 3 nitrogen and oxygen atoms in total. The van der Waals surface area contributed by atoms with Crippen LogP contribution < -0.4 is 5.32 Å². The van der Waals surface area contributed by atoms with Crippen LogP contribution in [0.4, 0.5) is 4.39 Å². The maximum Gasteiger partial charge on any atom is 0.311 e. The van der Waals surface area contributed by atoms with E-state index in [9.17, 15) is 9.18 Å². The van der Waals surface area contributed by atoms with Gasteiger partial charge in [0.25, 0.3) is 0 Å². The minimum Gasteiger partial charge on any atom is -0.460 e. The molecule has 1 aliphatic rings. The van der Waals surface area contributed by atoms with E-state index in [4.69, 9.17) is 4.74 Å². The summed E-state index contributed by atoms with van der Waals surface area (Å²) in [6.07, 6.45) is 0.601. The average Bonchev–Trinajstić information content (AvgIpc) is 2.63. The molecule has 0 spiro atoms. The minimum absolute atomic E-state index is 0.0263. The van der Waals surface area contributed by atoms with E-state index < -0.39 is 5.41 Å². The molecule has 4 heteroatoms. The molecule has 1 fully saturated rings. The second-order valence-electron chi connectivity index (χ2n) is 8.38. The number of ether oxygens (including phenoxy) is 1. The molecule has 27 heavy (non-hydrogen) atoms. The summed E-state index contributed by atoms with van der Waals surface area (Å²) in [6, 6.07) is 16.9. The summed E-state index contributed by atoms with van der Waals surface area (Å²) in [4.78, 5) is 12.5. The SMILES string of the molecule is CC(C)(C)C(=O)OC1CNCC(Cc2ccccc2)C1c1ccc(F)cc1. The van der Waals surface area contributed by atoms with E-state index in [1.54, 1.807) is 0 Å². The zero-order valence-electron chi connectivity index (χ0n) is 16.2. The van der Waals surface area contributed by atoms with Crippen molar-refractivity contribution in [2.24, 2.45) is 11.3 Å². The third-order valence-corrected chi connectivity index (χ3v) is 5.13. The Bertz CT molecular complexity index is 752. The Hall–Kier alpha value is -2.20. The predicted octanol–water partition coefficient (Wildman–Crippen LogP) is 4.33. The highest BCUT2D eigenvalue weighted by atomic mass is 19.1. The number of halogens is 1. The van der Waals surface area contributed by atoms with E-state index >= 15 is 0 Å². The monoisotopic (exact) mass is 369 g/mol. The number of benzene rings is 2. The average molecular weight is 369 g/mol. The Morgan fingerprint density at radius 3 is 2.37 bits per heavy atom. The zero-order valence-corrected chi connectivity index (χ0v) is 16.2. The lowest BCUT2D eigenvalue weighted by Gasteiger charge is -2.39. The standard InChI is InChI=1S/C23H28FNO2/c1-23(2,3)22(26)27-20-15-25-14-18(13-16-7-5-4-6-8-16)21(20)17-9-11-19(24)12-10-17/h4-12,18,20-21,25H,13-15H2,1-3H3. The van der Waals surface area contributed by atoms with Gasteiger partial charge in [-0.1, -0.05) is 42.5 Å². The maximum atomic E-state index is 13.5. The highest BCUT2D eigenvalue weighted by Crippen LogP contribution is 2.35. The molecule has 2 aromatic carbocycles. The summed E-state index contributed by atoms with van der Waals surface area (Å²) < 4.78 is 19.4. The van der Waals surface area contributed by atoms with Gasteiger partial charge >= 0.3 is 5.97 Å². The summed E-state index contributed by atoms with van der Waals surface area (Å²) in [7, 11) is 0. The van der Waals surface area contributed by atoms with Gasteiger partial charge in [-0.25, -0.2) is 4.39 Å². The molecule has 0 amide bonds. The number of carbonyl (C=O) groups excluding carboxylic acids is 1. The van der Waals surface area contributed by atoms with Crippen molar-refractivity contribution in [3.63, 3.8) is 0 Å². The smallest absolute Gasteiger partial charge is 0.311 e. The van der Waals surface area contributed by atoms with Crippen LogP contribution in [-0.2, 0) is 16.0 Å². The second-order valence-corrected chi connectivity index (χ2v) is 8.38. The van der Waals surface area contributed by atoms with Crippen molar-refractivity contribution in [2.75, 3.05) is 13.1 Å². The fraction of sp³-hybridized carbons (Fsp3) is 0.435. The van der Waals surface area contributed by atoms with Gasteiger partial charge in [-0.2, -0.15) is 0 Å². The fourth-order valence-electron chi connectivity index (χ4n) is 3.69. The van der Waals surface area contributed by atoms with Crippen molar-refractivity contribution in [3.05, 3.63) is 71.5 Å². The zero-order chi connectivity index (χ0) is 19.4. The van der Waals surface area contributed by atoms with Crippen LogP contribution in [-0.4, -0.2) is 25.2 Å². The van der Waals surface area contributed by atoms with Crippen molar-refractivity contribution in [1.82, 2.24) is 5.32 Å². The third-order valence-electron chi connectivity index (χ3n) is 5.13. The molecule has 1 saturated heterocycles. The van der Waals surface area contributed by atoms with Crippen LogP contribution in [0.25, 0.3) is 0 Å². The van der Waals surface area contributed by atoms with Gasteiger partial charge in [0, 0.05) is 12.5 Å². The fourth-order valence-corrected chi connectivity index (χ4v) is 3.69. The molecule has 1 heterocycles. The van der Waals surface area contributed by atoms with Gasteiger partial charge in [-0.3, -0.25) is 4.79 Å². The molecule has 3 rings (SSSR count). The van der Waals surface area contributed by atoms with Gasteiger partial charge < -0.3 is 10.1 Å². The number of carbonyl (C=O) groups is 1. The molecule has 0 radical (unpaired) electrons. The van der Waals surface area contributed by atoms with Crippen LogP contribution in [0, 0.1) is 17.2 Å². The van der Waals surface area contributed by atoms with Crippen LogP contribution in [0.2, 0.25) is 0 Å². The van der Waals surface area contributed by atoms with Crippen molar-refractivity contribution in [3.8, 4) is 0 Å². The first-order chi connectivity index (χ1) is 12.8. The normalized spacial score (nSPS) is 23.0. The molecule has 0 saturated carbocycles. The number of hydrogen-bond acceptors (Lipinski definition) is 3. The van der Waals surface area contributed by atoms with Crippen molar-refractivity contribution < 1.29 is 13.9 Å². The molecule has 3 unspecified atom stereocenters. The molecule has 1 N–H and O–H groups in total. The predicted molar refractivity (Wildman–Crippen MR) is 105 cm³/mol. The van der Waals surface area contributed by atoms with Crippen molar-refractivity contribution >= 4 is 5.97 Å². The van der Waals surface area contributed by atoms with Gasteiger partial charge in [0.2, 0.25) is 0 Å². The largest absolute Gasteiger partial charge is 0.460 e. The summed E-state index contributed by atoms with van der Waals surface area (Å²) >= 11 is 0. The van der Waals surface area contributed by atoms with Gasteiger partial charge in [0.1, 0.15) is 11.9 Å². The molecule has 0 aromatic heterocycles. The van der Waals surface area contributed by atoms with E-state index in [0.717, 1.165) is 18.5 Å². The lowest BCUT2D eigenvalue weighted by Crippen LogP contribution is -2.49. The van der Waals surface area contributed by atoms with E-state index in [1.807, 2.05) is 51.1 Å². The summed E-state index contributed by atoms with van der Waals surface area (Å²) in [5, 5.41) is 3.42. The molecule has 144 valence electrons. The highest BCUT2D eigenvalue weighted by molar-refractivity contribution is 5.75. The van der Waals surface area contributed by atoms with Crippen LogP contribution in [0.3, 0.4) is 0 Å². The van der Waals surface area contributed by atoms with E-state index in [2.05, 4.69) is 17.4 Å². The summed E-state index contributed by atoms with van der Waals surface area (Å²) in [5.74, 6) is -0.181. The van der Waals surface area contributed by atoms with Crippen LogP contribution in [0.15, 0.2) is 54.6 Å². The minimum atomic E-state index is -0.556. The van der Waals surface area contributed by atoms with Gasteiger partial charge in [0.05, 0.1) is 5.41 Å². The molecule has 0 aliphatic carbocycles. The van der Waals surface area contributed by atoms with E-state index in [0.29, 0.717) is 6.54 Å². The van der Waals surface area contributed by atoms with Gasteiger partial charge in [-0.15, -0.1) is 0 Å². The third kappa shape index (κ3) is 4.95. The Balaban J connectivity index is 1.89. The van der Waals surface area contributed by atoms with Crippen LogP contribution >= 0.6 is 0 Å². The number of nitrogens with one attached hydrogen (secondary N) is 1. The van der Waals surface area contributed by atoms with Crippen LogP contribution in [0.1, 0.15) is 37.8 Å². The first-order valence-corrected chi connectivity index (χ1v) is 9.56. The Morgan fingerprint density at radius 1 is 1.07 bits per heavy atom. The van der Waals surface area contributed by atoms with E-state index in [-0.39, 0.29) is 29.7 Å². The van der Waals surface area contributed by atoms with Crippen molar-refractivity contribution in [1.29, 1.82) is 0 Å². The van der Waals surface area contributed by atoms with Crippen molar-refractivity contribution in [2.45, 2.75) is 39.2 Å². The number of piperidine rings is 1. The highest BCUT2D eigenvalue weighted by Gasteiger charge is 2.38. The lowest BCUT2D eigenvalue weighted by atomic mass is 9.76. The molecular formula is C23H28FNO2. The molecule has 1 aliphatic heterocycles. The van der Waals surface area contributed by atoms with Gasteiger partial charge in [-0.05, 0) is 62.9 Å². The number of rotatable bonds is 4. The number of esters is 1. The molecule has 0 bridgehead atoms. The van der Waals surface area contributed by atoms with E-state index in [1.165, 1.54) is 17.7 Å². The Morgan fingerprint density at radius 2 is 1.74 bits per heavy atom. The molecular weight excluding hydrogens is 341 g/mol. The lowest BCUT2D eigenvalue weighted by molar-refractivity contribution is -0.161. The molecule has 3 atom stereocenters. The second kappa shape index (κ2) is 8.22. The summed E-state index contributed by atoms with van der Waals surface area (Å²) in [6.45, 7) is 7.02. The summed E-state index contributed by atoms with van der Waals surface area (Å²) in [5.41, 5.74) is 1.71. The Kier molecular flexibility index (Phi) is 5.95. The quantitative estimate of drug-likeness (QED) is 0.816. The first-order valence-electron chi connectivity index (χ1n) is 9.56. The molecule has 2 aromatic rings. The maximum absolute atomic E-state index is 13.5. The van der Waals surface area contributed by atoms with Gasteiger partial charge in [0.15, 0.2) is 0 Å². The topological polar surface area (TPSA) is 38.3 Å². The van der Waals surface area contributed by atoms with Crippen LogP contribution in [0.5, 0.6) is 0 Å².